The lowest BCUT2D eigenvalue weighted by Crippen LogP contribution is -2.06. The van der Waals surface area contributed by atoms with Gasteiger partial charge in [-0.25, -0.2) is 9.18 Å². The lowest BCUT2D eigenvalue weighted by Gasteiger charge is -2.16. The molecule has 0 saturated carbocycles. The van der Waals surface area contributed by atoms with E-state index in [0.717, 1.165) is 11.3 Å². The van der Waals surface area contributed by atoms with Crippen LogP contribution >= 0.6 is 23.2 Å². The maximum atomic E-state index is 14.1. The smallest absolute Gasteiger partial charge is 0.338 e. The highest BCUT2D eigenvalue weighted by Crippen LogP contribution is 2.35. The largest absolute Gasteiger partial charge is 0.490 e. The molecule has 3 aromatic carbocycles. The van der Waals surface area contributed by atoms with Crippen molar-refractivity contribution in [3.8, 4) is 11.5 Å². The van der Waals surface area contributed by atoms with Crippen molar-refractivity contribution in [2.45, 2.75) is 27.0 Å². The summed E-state index contributed by atoms with van der Waals surface area (Å²) >= 11 is 12.6. The third-order valence-electron chi connectivity index (χ3n) is 4.73. The minimum atomic E-state index is -0.443. The van der Waals surface area contributed by atoms with Crippen LogP contribution < -0.4 is 14.8 Å². The summed E-state index contributed by atoms with van der Waals surface area (Å²) in [7, 11) is 0. The number of rotatable bonds is 10. The first-order valence-corrected chi connectivity index (χ1v) is 11.2. The molecule has 0 aliphatic carbocycles. The van der Waals surface area contributed by atoms with Gasteiger partial charge in [0, 0.05) is 28.9 Å². The van der Waals surface area contributed by atoms with E-state index < -0.39 is 5.82 Å². The quantitative estimate of drug-likeness (QED) is 0.312. The second-order valence-electron chi connectivity index (χ2n) is 6.96. The molecule has 0 aromatic heterocycles. The molecule has 0 fully saturated rings. The standard InChI is InChI=1S/C25H24Cl2FNO4/c1-3-31-23-12-17(14-29-18-10-8-16(9-11-18)25(30)32-4-2)21(27)13-24(23)33-15-19-20(26)6-5-7-22(19)28/h5-13,29H,3-4,14-15H2,1-2H3. The van der Waals surface area contributed by atoms with Gasteiger partial charge in [-0.3, -0.25) is 0 Å². The van der Waals surface area contributed by atoms with Crippen LogP contribution in [0, 0.1) is 5.82 Å². The first-order chi connectivity index (χ1) is 15.9. The Labute approximate surface area is 202 Å². The Kier molecular flexibility index (Phi) is 8.80. The predicted molar refractivity (Wildman–Crippen MR) is 128 cm³/mol. The number of halogens is 3. The summed E-state index contributed by atoms with van der Waals surface area (Å²) in [5.74, 6) is 0.0783. The molecule has 0 unspecified atom stereocenters. The van der Waals surface area contributed by atoms with Gasteiger partial charge in [0.2, 0.25) is 0 Å². The van der Waals surface area contributed by atoms with E-state index in [1.165, 1.54) is 12.1 Å². The van der Waals surface area contributed by atoms with Crippen LogP contribution in [0.2, 0.25) is 10.0 Å². The molecule has 3 aromatic rings. The number of esters is 1. The summed E-state index contributed by atoms with van der Waals surface area (Å²) in [6.45, 7) is 4.71. The molecule has 0 heterocycles. The lowest BCUT2D eigenvalue weighted by molar-refractivity contribution is 0.0526. The van der Waals surface area contributed by atoms with Crippen LogP contribution in [-0.2, 0) is 17.9 Å². The zero-order valence-electron chi connectivity index (χ0n) is 18.3. The minimum absolute atomic E-state index is 0.0632. The summed E-state index contributed by atoms with van der Waals surface area (Å²) in [5.41, 5.74) is 2.34. The predicted octanol–water partition coefficient (Wildman–Crippen LogP) is 6.90. The van der Waals surface area contributed by atoms with Crippen molar-refractivity contribution in [1.82, 2.24) is 0 Å². The van der Waals surface area contributed by atoms with E-state index in [4.69, 9.17) is 37.4 Å². The SMILES string of the molecule is CCOC(=O)c1ccc(NCc2cc(OCC)c(OCc3c(F)cccc3Cl)cc2Cl)cc1. The molecule has 0 bridgehead atoms. The molecule has 174 valence electrons. The maximum absolute atomic E-state index is 14.1. The summed E-state index contributed by atoms with van der Waals surface area (Å²) < 4.78 is 30.6. The molecule has 3 rings (SSSR count). The van der Waals surface area contributed by atoms with Crippen LogP contribution in [0.3, 0.4) is 0 Å². The van der Waals surface area contributed by atoms with Crippen molar-refractivity contribution >= 4 is 34.9 Å². The number of benzene rings is 3. The number of hydrogen-bond acceptors (Lipinski definition) is 5. The topological polar surface area (TPSA) is 56.8 Å². The fourth-order valence-corrected chi connectivity index (χ4v) is 3.49. The average molecular weight is 492 g/mol. The van der Waals surface area contributed by atoms with E-state index in [1.807, 2.05) is 6.92 Å². The van der Waals surface area contributed by atoms with Crippen LogP contribution in [0.25, 0.3) is 0 Å². The van der Waals surface area contributed by atoms with Gasteiger partial charge in [0.1, 0.15) is 12.4 Å². The van der Waals surface area contributed by atoms with Crippen molar-refractivity contribution in [2.24, 2.45) is 0 Å². The van der Waals surface area contributed by atoms with E-state index in [-0.39, 0.29) is 23.2 Å². The molecule has 33 heavy (non-hydrogen) atoms. The van der Waals surface area contributed by atoms with Gasteiger partial charge in [-0.05, 0) is 61.9 Å². The average Bonchev–Trinajstić information content (AvgIpc) is 2.80. The molecule has 0 aliphatic rings. The van der Waals surface area contributed by atoms with Gasteiger partial charge in [-0.2, -0.15) is 0 Å². The monoisotopic (exact) mass is 491 g/mol. The zero-order chi connectivity index (χ0) is 23.8. The van der Waals surface area contributed by atoms with Crippen molar-refractivity contribution in [1.29, 1.82) is 0 Å². The Hall–Kier alpha value is -2.96. The number of hydrogen-bond donors (Lipinski definition) is 1. The number of carbonyl (C=O) groups is 1. The van der Waals surface area contributed by atoms with Gasteiger partial charge in [0.25, 0.3) is 0 Å². The van der Waals surface area contributed by atoms with Crippen LogP contribution in [-0.4, -0.2) is 19.2 Å². The van der Waals surface area contributed by atoms with E-state index in [2.05, 4.69) is 5.32 Å². The molecular weight excluding hydrogens is 468 g/mol. The highest BCUT2D eigenvalue weighted by Gasteiger charge is 2.14. The Balaban J connectivity index is 1.72. The molecule has 1 N–H and O–H groups in total. The van der Waals surface area contributed by atoms with E-state index >= 15 is 0 Å². The molecule has 0 amide bonds. The Bertz CT molecular complexity index is 1090. The highest BCUT2D eigenvalue weighted by molar-refractivity contribution is 6.31. The van der Waals surface area contributed by atoms with Crippen molar-refractivity contribution in [2.75, 3.05) is 18.5 Å². The summed E-state index contributed by atoms with van der Waals surface area (Å²) in [6, 6.07) is 14.9. The molecule has 0 spiro atoms. The number of anilines is 1. The third-order valence-corrected chi connectivity index (χ3v) is 5.43. The van der Waals surface area contributed by atoms with E-state index in [9.17, 15) is 9.18 Å². The molecular formula is C25H24Cl2FNO4. The number of ether oxygens (including phenoxy) is 3. The van der Waals surface area contributed by atoms with Gasteiger partial charge in [-0.1, -0.05) is 29.3 Å². The molecule has 0 radical (unpaired) electrons. The van der Waals surface area contributed by atoms with Gasteiger partial charge in [0.15, 0.2) is 11.5 Å². The normalized spacial score (nSPS) is 10.6. The maximum Gasteiger partial charge on any atom is 0.338 e. The third kappa shape index (κ3) is 6.53. The van der Waals surface area contributed by atoms with Crippen LogP contribution in [0.1, 0.15) is 35.3 Å². The Morgan fingerprint density at radius 2 is 1.67 bits per heavy atom. The highest BCUT2D eigenvalue weighted by atomic mass is 35.5. The molecule has 5 nitrogen and oxygen atoms in total. The van der Waals surface area contributed by atoms with Crippen LogP contribution in [0.15, 0.2) is 54.6 Å². The molecule has 0 atom stereocenters. The van der Waals surface area contributed by atoms with Gasteiger partial charge in [-0.15, -0.1) is 0 Å². The van der Waals surface area contributed by atoms with Crippen LogP contribution in [0.4, 0.5) is 10.1 Å². The van der Waals surface area contributed by atoms with Gasteiger partial charge < -0.3 is 19.5 Å². The van der Waals surface area contributed by atoms with Crippen molar-refractivity contribution < 1.29 is 23.4 Å². The van der Waals surface area contributed by atoms with Crippen molar-refractivity contribution in [3.63, 3.8) is 0 Å². The molecule has 8 heteroatoms. The second-order valence-corrected chi connectivity index (χ2v) is 7.78. The second kappa shape index (κ2) is 11.8. The van der Waals surface area contributed by atoms with Gasteiger partial charge >= 0.3 is 5.97 Å². The summed E-state index contributed by atoms with van der Waals surface area (Å²) in [5, 5.41) is 4.01. The fourth-order valence-electron chi connectivity index (χ4n) is 3.05. The number of carbonyl (C=O) groups excluding carboxylic acids is 1. The number of nitrogens with one attached hydrogen (secondary N) is 1. The minimum Gasteiger partial charge on any atom is -0.490 e. The first kappa shape index (κ1) is 24.7. The molecule has 0 saturated heterocycles. The summed E-state index contributed by atoms with van der Waals surface area (Å²) in [6.07, 6.45) is 0. The zero-order valence-corrected chi connectivity index (χ0v) is 19.8. The fraction of sp³-hybridized carbons (Fsp3) is 0.240. The first-order valence-electron chi connectivity index (χ1n) is 10.4. The van der Waals surface area contributed by atoms with E-state index in [0.29, 0.717) is 41.8 Å². The van der Waals surface area contributed by atoms with Crippen LogP contribution in [0.5, 0.6) is 11.5 Å². The molecule has 0 aliphatic heterocycles. The summed E-state index contributed by atoms with van der Waals surface area (Å²) in [4.78, 5) is 11.8. The van der Waals surface area contributed by atoms with E-state index in [1.54, 1.807) is 49.4 Å². The van der Waals surface area contributed by atoms with Crippen molar-refractivity contribution in [3.05, 3.63) is 87.2 Å². The van der Waals surface area contributed by atoms with Gasteiger partial charge in [0.05, 0.1) is 23.8 Å². The lowest BCUT2D eigenvalue weighted by atomic mass is 10.1. The Morgan fingerprint density at radius 1 is 0.939 bits per heavy atom. The Morgan fingerprint density at radius 3 is 2.33 bits per heavy atom.